The lowest BCUT2D eigenvalue weighted by Crippen LogP contribution is -2.29. The van der Waals surface area contributed by atoms with Crippen molar-refractivity contribution in [1.82, 2.24) is 5.32 Å². The first-order valence-electron chi connectivity index (χ1n) is 6.30. The topological polar surface area (TPSA) is 75.6 Å². The zero-order valence-corrected chi connectivity index (χ0v) is 11.0. The van der Waals surface area contributed by atoms with E-state index in [4.69, 9.17) is 9.84 Å². The first-order chi connectivity index (χ1) is 9.13. The van der Waals surface area contributed by atoms with E-state index in [1.807, 2.05) is 6.92 Å². The Balaban J connectivity index is 2.25. The van der Waals surface area contributed by atoms with E-state index >= 15 is 0 Å². The molecule has 5 nitrogen and oxygen atoms in total. The number of carbonyl (C=O) groups excluding carboxylic acids is 1. The molecule has 0 heterocycles. The van der Waals surface area contributed by atoms with Crippen molar-refractivity contribution in [1.29, 1.82) is 0 Å². The van der Waals surface area contributed by atoms with Gasteiger partial charge in [-0.3, -0.25) is 4.79 Å². The number of hydrogen-bond donors (Lipinski definition) is 2. The van der Waals surface area contributed by atoms with Crippen LogP contribution in [0.4, 0.5) is 0 Å². The van der Waals surface area contributed by atoms with E-state index in [0.717, 1.165) is 12.0 Å². The third kappa shape index (κ3) is 6.01. The van der Waals surface area contributed by atoms with E-state index < -0.39 is 5.97 Å². The van der Waals surface area contributed by atoms with Crippen LogP contribution in [0.3, 0.4) is 0 Å². The molecule has 0 atom stereocenters. The highest BCUT2D eigenvalue weighted by molar-refractivity contribution is 5.87. The van der Waals surface area contributed by atoms with Crippen LogP contribution in [0.1, 0.15) is 29.3 Å². The summed E-state index contributed by atoms with van der Waals surface area (Å²) in [6.45, 7) is 3.18. The van der Waals surface area contributed by atoms with Gasteiger partial charge in [-0.25, -0.2) is 4.79 Å². The predicted molar refractivity (Wildman–Crippen MR) is 71.2 cm³/mol. The van der Waals surface area contributed by atoms with Crippen molar-refractivity contribution in [2.45, 2.75) is 19.8 Å². The summed E-state index contributed by atoms with van der Waals surface area (Å²) < 4.78 is 5.11. The lowest BCUT2D eigenvalue weighted by atomic mass is 10.1. The van der Waals surface area contributed by atoms with E-state index in [1.54, 1.807) is 24.3 Å². The van der Waals surface area contributed by atoms with Crippen LogP contribution in [0.2, 0.25) is 0 Å². The van der Waals surface area contributed by atoms with Gasteiger partial charge in [-0.05, 0) is 30.5 Å². The highest BCUT2D eigenvalue weighted by Gasteiger charge is 2.03. The summed E-state index contributed by atoms with van der Waals surface area (Å²) in [5, 5.41) is 11.5. The zero-order chi connectivity index (χ0) is 14.1. The van der Waals surface area contributed by atoms with Crippen LogP contribution < -0.4 is 5.32 Å². The molecule has 1 aromatic rings. The predicted octanol–water partition coefficient (Wildman–Crippen LogP) is 1.47. The van der Waals surface area contributed by atoms with Crippen LogP contribution >= 0.6 is 0 Å². The molecule has 0 radical (unpaired) electrons. The largest absolute Gasteiger partial charge is 0.478 e. The van der Waals surface area contributed by atoms with Crippen molar-refractivity contribution in [2.75, 3.05) is 19.8 Å². The summed E-state index contributed by atoms with van der Waals surface area (Å²) in [7, 11) is 0. The standard InChI is InChI=1S/C14H19NO4/c1-2-9-19-10-13(16)15-8-7-11-3-5-12(6-4-11)14(17)18/h3-6H,2,7-10H2,1H3,(H,15,16)(H,17,18). The molecule has 2 N–H and O–H groups in total. The Kier molecular flexibility index (Phi) is 6.60. The van der Waals surface area contributed by atoms with Crippen LogP contribution in [-0.2, 0) is 16.0 Å². The minimum atomic E-state index is -0.937. The van der Waals surface area contributed by atoms with Crippen molar-refractivity contribution >= 4 is 11.9 Å². The van der Waals surface area contributed by atoms with Gasteiger partial charge in [-0.15, -0.1) is 0 Å². The molecule has 0 aromatic heterocycles. The van der Waals surface area contributed by atoms with E-state index in [1.165, 1.54) is 0 Å². The van der Waals surface area contributed by atoms with Crippen molar-refractivity contribution in [3.63, 3.8) is 0 Å². The lowest BCUT2D eigenvalue weighted by Gasteiger charge is -2.06. The average Bonchev–Trinajstić information content (AvgIpc) is 2.39. The van der Waals surface area contributed by atoms with Crippen LogP contribution in [0.15, 0.2) is 24.3 Å². The summed E-state index contributed by atoms with van der Waals surface area (Å²) in [4.78, 5) is 22.0. The maximum absolute atomic E-state index is 11.3. The molecule has 0 saturated heterocycles. The maximum Gasteiger partial charge on any atom is 0.335 e. The summed E-state index contributed by atoms with van der Waals surface area (Å²) in [6, 6.07) is 6.63. The molecule has 0 bridgehead atoms. The van der Waals surface area contributed by atoms with Gasteiger partial charge < -0.3 is 15.2 Å². The summed E-state index contributed by atoms with van der Waals surface area (Å²) in [5.74, 6) is -1.07. The smallest absolute Gasteiger partial charge is 0.335 e. The maximum atomic E-state index is 11.3. The Hall–Kier alpha value is -1.88. The molecule has 104 valence electrons. The number of carboxylic acid groups (broad SMARTS) is 1. The molecule has 1 aromatic carbocycles. The molecule has 0 aliphatic carbocycles. The first-order valence-corrected chi connectivity index (χ1v) is 6.30. The Bertz CT molecular complexity index is 414. The molecule has 1 rings (SSSR count). The van der Waals surface area contributed by atoms with Crippen LogP contribution in [0, 0.1) is 0 Å². The highest BCUT2D eigenvalue weighted by atomic mass is 16.5. The van der Waals surface area contributed by atoms with Crippen molar-refractivity contribution in [3.8, 4) is 0 Å². The molecule has 0 aliphatic heterocycles. The quantitative estimate of drug-likeness (QED) is 0.698. The highest BCUT2D eigenvalue weighted by Crippen LogP contribution is 2.04. The van der Waals surface area contributed by atoms with Gasteiger partial charge in [0, 0.05) is 13.2 Å². The molecule has 0 aliphatic rings. The number of carbonyl (C=O) groups is 2. The van der Waals surface area contributed by atoms with Crippen molar-refractivity contribution in [3.05, 3.63) is 35.4 Å². The average molecular weight is 265 g/mol. The molecular formula is C14H19NO4. The van der Waals surface area contributed by atoms with E-state index in [2.05, 4.69) is 5.32 Å². The van der Waals surface area contributed by atoms with Crippen molar-refractivity contribution < 1.29 is 19.4 Å². The van der Waals surface area contributed by atoms with Gasteiger partial charge in [0.2, 0.25) is 5.91 Å². The van der Waals surface area contributed by atoms with Gasteiger partial charge in [0.15, 0.2) is 0 Å². The lowest BCUT2D eigenvalue weighted by molar-refractivity contribution is -0.125. The monoisotopic (exact) mass is 265 g/mol. The number of ether oxygens (including phenoxy) is 1. The third-order valence-corrected chi connectivity index (χ3v) is 2.52. The number of hydrogen-bond acceptors (Lipinski definition) is 3. The number of nitrogens with one attached hydrogen (secondary N) is 1. The molecule has 0 unspecified atom stereocenters. The zero-order valence-electron chi connectivity index (χ0n) is 11.0. The Morgan fingerprint density at radius 3 is 2.53 bits per heavy atom. The molecular weight excluding hydrogens is 246 g/mol. The number of carboxylic acids is 1. The molecule has 19 heavy (non-hydrogen) atoms. The van der Waals surface area contributed by atoms with E-state index in [-0.39, 0.29) is 18.1 Å². The van der Waals surface area contributed by atoms with Gasteiger partial charge in [-0.2, -0.15) is 0 Å². The molecule has 0 spiro atoms. The van der Waals surface area contributed by atoms with Crippen LogP contribution in [-0.4, -0.2) is 36.7 Å². The second-order valence-electron chi connectivity index (χ2n) is 4.15. The second-order valence-corrected chi connectivity index (χ2v) is 4.15. The summed E-state index contributed by atoms with van der Waals surface area (Å²) in [5.41, 5.74) is 1.25. The van der Waals surface area contributed by atoms with Gasteiger partial charge in [0.25, 0.3) is 0 Å². The Labute approximate surface area is 112 Å². The molecule has 0 saturated carbocycles. The number of rotatable bonds is 8. The summed E-state index contributed by atoms with van der Waals surface area (Å²) in [6.07, 6.45) is 1.56. The van der Waals surface area contributed by atoms with Gasteiger partial charge >= 0.3 is 5.97 Å². The van der Waals surface area contributed by atoms with Gasteiger partial charge in [-0.1, -0.05) is 19.1 Å². The summed E-state index contributed by atoms with van der Waals surface area (Å²) >= 11 is 0. The molecule has 1 amide bonds. The molecule has 5 heteroatoms. The molecule has 0 fully saturated rings. The van der Waals surface area contributed by atoms with Crippen LogP contribution in [0.25, 0.3) is 0 Å². The van der Waals surface area contributed by atoms with E-state index in [0.29, 0.717) is 19.6 Å². The van der Waals surface area contributed by atoms with E-state index in [9.17, 15) is 9.59 Å². The number of amides is 1. The van der Waals surface area contributed by atoms with Gasteiger partial charge in [0.05, 0.1) is 5.56 Å². The third-order valence-electron chi connectivity index (χ3n) is 2.52. The minimum Gasteiger partial charge on any atom is -0.478 e. The fourth-order valence-electron chi connectivity index (χ4n) is 1.52. The SMILES string of the molecule is CCCOCC(=O)NCCc1ccc(C(=O)O)cc1. The van der Waals surface area contributed by atoms with Crippen molar-refractivity contribution in [2.24, 2.45) is 0 Å². The van der Waals surface area contributed by atoms with Gasteiger partial charge in [0.1, 0.15) is 6.61 Å². The minimum absolute atomic E-state index is 0.0891. The second kappa shape index (κ2) is 8.26. The first kappa shape index (κ1) is 15.2. The number of benzene rings is 1. The van der Waals surface area contributed by atoms with Crippen LogP contribution in [0.5, 0.6) is 0 Å². The Morgan fingerprint density at radius 2 is 1.95 bits per heavy atom. The fourth-order valence-corrected chi connectivity index (χ4v) is 1.52. The Morgan fingerprint density at radius 1 is 1.26 bits per heavy atom. The number of aromatic carboxylic acids is 1. The normalized spacial score (nSPS) is 10.2. The fraction of sp³-hybridized carbons (Fsp3) is 0.429.